The number of benzene rings is 1. The molecule has 2 nitrogen and oxygen atoms in total. The number of fused-ring (bicyclic) bond motifs is 2. The zero-order valence-corrected chi connectivity index (χ0v) is 19.0. The van der Waals surface area contributed by atoms with Crippen LogP contribution < -0.4 is 5.73 Å². The predicted molar refractivity (Wildman–Crippen MR) is 123 cm³/mol. The number of piperidine rings is 1. The van der Waals surface area contributed by atoms with Crippen molar-refractivity contribution in [3.63, 3.8) is 0 Å². The van der Waals surface area contributed by atoms with E-state index in [2.05, 4.69) is 62.9 Å². The third-order valence-corrected chi connectivity index (χ3v) is 8.87. The van der Waals surface area contributed by atoms with Crippen LogP contribution in [0.3, 0.4) is 0 Å². The number of thiocarbonyl (C=S) groups is 1. The van der Waals surface area contributed by atoms with E-state index >= 15 is 0 Å². The topological polar surface area (TPSA) is 29.3 Å². The van der Waals surface area contributed by atoms with Crippen molar-refractivity contribution >= 4 is 17.2 Å². The molecule has 2 saturated carbocycles. The van der Waals surface area contributed by atoms with E-state index in [-0.39, 0.29) is 16.9 Å². The van der Waals surface area contributed by atoms with E-state index in [1.54, 1.807) is 5.56 Å². The highest BCUT2D eigenvalue weighted by atomic mass is 32.1. The van der Waals surface area contributed by atoms with Gasteiger partial charge in [-0.2, -0.15) is 0 Å². The Labute approximate surface area is 177 Å². The minimum absolute atomic E-state index is 0.117. The predicted octanol–water partition coefficient (Wildman–Crippen LogP) is 5.55. The molecule has 4 rings (SSSR count). The standard InChI is InChI=1S/C25H38N2S/c1-18-12-19-14-24(4,22(28)27-11-10-21(26)23(2,3)17-27)16-25(13-18,15-19)20-8-6-5-7-9-20/h5-9,18-19,21H,10-17,26H2,1-4H3. The highest BCUT2D eigenvalue weighted by Gasteiger charge is 2.53. The highest BCUT2D eigenvalue weighted by Crippen LogP contribution is 2.58. The van der Waals surface area contributed by atoms with Gasteiger partial charge >= 0.3 is 0 Å². The van der Waals surface area contributed by atoms with Gasteiger partial charge in [0.1, 0.15) is 0 Å². The Bertz CT molecular complexity index is 725. The molecule has 154 valence electrons. The number of hydrogen-bond donors (Lipinski definition) is 1. The molecule has 0 spiro atoms. The summed E-state index contributed by atoms with van der Waals surface area (Å²) in [7, 11) is 0. The average Bonchev–Trinajstić information content (AvgIpc) is 2.63. The first-order valence-electron chi connectivity index (χ1n) is 11.2. The maximum Gasteiger partial charge on any atom is 0.0839 e. The van der Waals surface area contributed by atoms with Gasteiger partial charge in [0.05, 0.1) is 4.99 Å². The van der Waals surface area contributed by atoms with Gasteiger partial charge < -0.3 is 10.6 Å². The molecule has 1 aliphatic heterocycles. The van der Waals surface area contributed by atoms with Gasteiger partial charge in [0.25, 0.3) is 0 Å². The average molecular weight is 399 g/mol. The van der Waals surface area contributed by atoms with Crippen LogP contribution in [0.5, 0.6) is 0 Å². The van der Waals surface area contributed by atoms with Crippen LogP contribution in [0.25, 0.3) is 0 Å². The molecule has 3 heteroatoms. The fraction of sp³-hybridized carbons (Fsp3) is 0.720. The van der Waals surface area contributed by atoms with Gasteiger partial charge in [0.15, 0.2) is 0 Å². The molecular formula is C25H38N2S. The number of rotatable bonds is 2. The van der Waals surface area contributed by atoms with Gasteiger partial charge in [-0.3, -0.25) is 0 Å². The molecule has 1 aromatic carbocycles. The summed E-state index contributed by atoms with van der Waals surface area (Å²) in [5.74, 6) is 1.60. The van der Waals surface area contributed by atoms with Gasteiger partial charge in [-0.15, -0.1) is 0 Å². The van der Waals surface area contributed by atoms with Gasteiger partial charge in [-0.1, -0.05) is 70.2 Å². The summed E-state index contributed by atoms with van der Waals surface area (Å²) in [4.78, 5) is 3.73. The van der Waals surface area contributed by atoms with Crippen LogP contribution in [-0.4, -0.2) is 29.0 Å². The van der Waals surface area contributed by atoms with Crippen LogP contribution in [0, 0.1) is 22.7 Å². The molecule has 0 amide bonds. The molecule has 0 radical (unpaired) electrons. The van der Waals surface area contributed by atoms with Crippen molar-refractivity contribution < 1.29 is 0 Å². The van der Waals surface area contributed by atoms with E-state index in [4.69, 9.17) is 18.0 Å². The summed E-state index contributed by atoms with van der Waals surface area (Å²) in [6, 6.07) is 11.6. The lowest BCUT2D eigenvalue weighted by atomic mass is 9.50. The van der Waals surface area contributed by atoms with E-state index < -0.39 is 0 Å². The van der Waals surface area contributed by atoms with Crippen molar-refractivity contribution in [2.24, 2.45) is 28.4 Å². The fourth-order valence-corrected chi connectivity index (χ4v) is 7.33. The molecule has 3 fully saturated rings. The Kier molecular flexibility index (Phi) is 5.15. The lowest BCUT2D eigenvalue weighted by Crippen LogP contribution is -2.58. The first-order valence-corrected chi connectivity index (χ1v) is 11.6. The quantitative estimate of drug-likeness (QED) is 0.663. The van der Waals surface area contributed by atoms with Crippen LogP contribution in [0.4, 0.5) is 0 Å². The fourth-order valence-electron chi connectivity index (χ4n) is 7.02. The van der Waals surface area contributed by atoms with Crippen LogP contribution in [0.2, 0.25) is 0 Å². The minimum Gasteiger partial charge on any atom is -0.365 e. The normalized spacial score (nSPS) is 40.2. The van der Waals surface area contributed by atoms with Crippen LogP contribution in [0.1, 0.15) is 71.8 Å². The first kappa shape index (κ1) is 20.3. The summed E-state index contributed by atoms with van der Waals surface area (Å²) in [5.41, 5.74) is 8.49. The SMILES string of the molecule is CC1CC2CC(C)(C(=S)N3CCC(N)C(C)(C)C3)CC(c3ccccc3)(C1)C2. The molecule has 28 heavy (non-hydrogen) atoms. The Morgan fingerprint density at radius 2 is 1.82 bits per heavy atom. The van der Waals surface area contributed by atoms with Crippen molar-refractivity contribution in [2.75, 3.05) is 13.1 Å². The van der Waals surface area contributed by atoms with E-state index in [0.717, 1.165) is 31.3 Å². The Balaban J connectivity index is 1.63. The third kappa shape index (κ3) is 3.54. The molecule has 5 unspecified atom stereocenters. The summed E-state index contributed by atoms with van der Waals surface area (Å²) in [6.45, 7) is 11.6. The Morgan fingerprint density at radius 1 is 1.11 bits per heavy atom. The van der Waals surface area contributed by atoms with Crippen LogP contribution in [0.15, 0.2) is 30.3 Å². The number of likely N-dealkylation sites (tertiary alicyclic amines) is 1. The number of hydrogen-bond acceptors (Lipinski definition) is 2. The molecule has 0 aromatic heterocycles. The molecular weight excluding hydrogens is 360 g/mol. The van der Waals surface area contributed by atoms with E-state index in [9.17, 15) is 0 Å². The second kappa shape index (κ2) is 7.09. The minimum atomic E-state index is 0.117. The molecule has 1 aromatic rings. The van der Waals surface area contributed by atoms with Gasteiger partial charge in [0.2, 0.25) is 0 Å². The molecule has 2 N–H and O–H groups in total. The van der Waals surface area contributed by atoms with E-state index in [0.29, 0.717) is 5.41 Å². The van der Waals surface area contributed by atoms with Gasteiger partial charge in [-0.05, 0) is 66.8 Å². The molecule has 2 aliphatic carbocycles. The molecule has 1 saturated heterocycles. The highest BCUT2D eigenvalue weighted by molar-refractivity contribution is 7.80. The van der Waals surface area contributed by atoms with Crippen molar-refractivity contribution in [3.8, 4) is 0 Å². The maximum atomic E-state index is 6.40. The summed E-state index contributed by atoms with van der Waals surface area (Å²) < 4.78 is 0. The monoisotopic (exact) mass is 398 g/mol. The van der Waals surface area contributed by atoms with Crippen molar-refractivity contribution in [2.45, 2.75) is 77.7 Å². The lowest BCUT2D eigenvalue weighted by Gasteiger charge is -2.57. The third-order valence-electron chi connectivity index (χ3n) is 8.12. The van der Waals surface area contributed by atoms with Crippen molar-refractivity contribution in [3.05, 3.63) is 35.9 Å². The van der Waals surface area contributed by atoms with Gasteiger partial charge in [0, 0.05) is 24.5 Å². The lowest BCUT2D eigenvalue weighted by molar-refractivity contribution is 0.0452. The summed E-state index contributed by atoms with van der Waals surface area (Å²) >= 11 is 6.24. The van der Waals surface area contributed by atoms with E-state index in [1.807, 2.05) is 0 Å². The Morgan fingerprint density at radius 3 is 2.50 bits per heavy atom. The zero-order chi connectivity index (χ0) is 20.2. The summed E-state index contributed by atoms with van der Waals surface area (Å²) in [5, 5.41) is 0. The van der Waals surface area contributed by atoms with Gasteiger partial charge in [-0.25, -0.2) is 0 Å². The second-order valence-corrected chi connectivity index (χ2v) is 11.7. The number of nitrogens with zero attached hydrogens (tertiary/aromatic N) is 1. The molecule has 2 bridgehead atoms. The molecule has 5 atom stereocenters. The van der Waals surface area contributed by atoms with E-state index in [1.165, 1.54) is 37.1 Å². The van der Waals surface area contributed by atoms with Crippen molar-refractivity contribution in [1.29, 1.82) is 0 Å². The summed E-state index contributed by atoms with van der Waals surface area (Å²) in [6.07, 6.45) is 7.52. The smallest absolute Gasteiger partial charge is 0.0839 e. The second-order valence-electron chi connectivity index (χ2n) is 11.3. The maximum absolute atomic E-state index is 6.40. The van der Waals surface area contributed by atoms with Crippen LogP contribution in [-0.2, 0) is 5.41 Å². The first-order chi connectivity index (χ1) is 13.1. The Hall–Kier alpha value is -0.930. The largest absolute Gasteiger partial charge is 0.365 e. The molecule has 3 aliphatic rings. The van der Waals surface area contributed by atoms with Crippen LogP contribution >= 0.6 is 12.2 Å². The van der Waals surface area contributed by atoms with Crippen molar-refractivity contribution in [1.82, 2.24) is 4.90 Å². The molecule has 1 heterocycles. The number of nitrogens with two attached hydrogens (primary N) is 1. The zero-order valence-electron chi connectivity index (χ0n) is 18.2.